The van der Waals surface area contributed by atoms with E-state index in [0.29, 0.717) is 11.5 Å². The number of fused-ring (bicyclic) bond motifs is 8. The highest BCUT2D eigenvalue weighted by Crippen LogP contribution is 2.59. The highest BCUT2D eigenvalue weighted by molar-refractivity contribution is 5.90. The summed E-state index contributed by atoms with van der Waals surface area (Å²) >= 11 is 0. The van der Waals surface area contributed by atoms with E-state index in [1.807, 2.05) is 42.5 Å². The van der Waals surface area contributed by atoms with E-state index in [1.165, 1.54) is 5.56 Å². The third-order valence-electron chi connectivity index (χ3n) is 7.21. The van der Waals surface area contributed by atoms with Gasteiger partial charge in [-0.15, -0.1) is 0 Å². The van der Waals surface area contributed by atoms with Gasteiger partial charge in [0.25, 0.3) is 0 Å². The molecule has 7 rings (SSSR count). The van der Waals surface area contributed by atoms with Gasteiger partial charge in [-0.05, 0) is 69.9 Å². The fourth-order valence-corrected chi connectivity index (χ4v) is 5.54. The van der Waals surface area contributed by atoms with Crippen LogP contribution in [0.1, 0.15) is 41.0 Å². The molecular weight excluding hydrogens is 424 g/mol. The molecule has 34 heavy (non-hydrogen) atoms. The number of phenols is 1. The maximum Gasteiger partial charge on any atom is 0.183 e. The molecule has 2 aliphatic heterocycles. The fourth-order valence-electron chi connectivity index (χ4n) is 5.54. The molecule has 5 aromatic carbocycles. The number of aliphatic hydroxyl groups excluding tert-OH is 1. The second-order valence-corrected chi connectivity index (χ2v) is 9.10. The van der Waals surface area contributed by atoms with Crippen molar-refractivity contribution in [3.05, 3.63) is 113 Å². The van der Waals surface area contributed by atoms with Crippen LogP contribution < -0.4 is 4.74 Å². The van der Waals surface area contributed by atoms with E-state index in [2.05, 4.69) is 37.3 Å². The van der Waals surface area contributed by atoms with Crippen molar-refractivity contribution >= 4 is 21.5 Å². The van der Waals surface area contributed by atoms with Gasteiger partial charge in [0.2, 0.25) is 0 Å². The fraction of sp³-hybridized carbons (Fsp3) is 0.133. The van der Waals surface area contributed by atoms with Crippen molar-refractivity contribution in [1.82, 2.24) is 0 Å². The lowest BCUT2D eigenvalue weighted by molar-refractivity contribution is -0.142. The van der Waals surface area contributed by atoms with Gasteiger partial charge in [0, 0.05) is 22.3 Å². The van der Waals surface area contributed by atoms with Gasteiger partial charge in [-0.1, -0.05) is 55.5 Å². The van der Waals surface area contributed by atoms with E-state index in [1.54, 1.807) is 12.1 Å². The summed E-state index contributed by atoms with van der Waals surface area (Å²) < 4.78 is 13.0. The molecule has 2 atom stereocenters. The van der Waals surface area contributed by atoms with Crippen molar-refractivity contribution in [3.63, 3.8) is 0 Å². The van der Waals surface area contributed by atoms with Crippen LogP contribution in [0, 0.1) is 0 Å². The van der Waals surface area contributed by atoms with Gasteiger partial charge in [-0.25, -0.2) is 0 Å². The maximum atomic E-state index is 11.0. The summed E-state index contributed by atoms with van der Waals surface area (Å²) in [7, 11) is 0. The average Bonchev–Trinajstić information content (AvgIpc) is 3.15. The molecule has 0 amide bonds. The first-order valence-corrected chi connectivity index (χ1v) is 11.5. The first-order chi connectivity index (χ1) is 16.6. The van der Waals surface area contributed by atoms with Crippen molar-refractivity contribution in [2.75, 3.05) is 0 Å². The van der Waals surface area contributed by atoms with Crippen LogP contribution in [0.2, 0.25) is 0 Å². The Morgan fingerprint density at radius 3 is 2.15 bits per heavy atom. The lowest BCUT2D eigenvalue weighted by atomic mass is 9.76. The summed E-state index contributed by atoms with van der Waals surface area (Å²) in [6, 6.07) is 27.8. The highest BCUT2D eigenvalue weighted by Gasteiger charge is 2.52. The topological polar surface area (TPSA) is 58.9 Å². The van der Waals surface area contributed by atoms with E-state index < -0.39 is 11.9 Å². The van der Waals surface area contributed by atoms with Crippen molar-refractivity contribution in [2.24, 2.45) is 0 Å². The predicted octanol–water partition coefficient (Wildman–Crippen LogP) is 6.68. The number of hydrogen-bond donors (Lipinski definition) is 2. The molecule has 1 spiro atoms. The Bertz CT molecular complexity index is 1640. The van der Waals surface area contributed by atoms with Gasteiger partial charge >= 0.3 is 0 Å². The maximum absolute atomic E-state index is 11.0. The summed E-state index contributed by atoms with van der Waals surface area (Å²) in [5.41, 5.74) is 3.63. The number of hydrogen-bond acceptors (Lipinski definition) is 4. The summed E-state index contributed by atoms with van der Waals surface area (Å²) in [6.07, 6.45) is -0.0950. The molecule has 5 aromatic rings. The first kappa shape index (κ1) is 19.6. The van der Waals surface area contributed by atoms with Crippen LogP contribution in [0.15, 0.2) is 84.9 Å². The summed E-state index contributed by atoms with van der Waals surface area (Å²) in [5, 5.41) is 25.0. The number of aromatic hydroxyl groups is 1. The van der Waals surface area contributed by atoms with E-state index in [9.17, 15) is 10.2 Å². The van der Waals surface area contributed by atoms with Gasteiger partial charge in [0.15, 0.2) is 11.9 Å². The van der Waals surface area contributed by atoms with E-state index in [4.69, 9.17) is 9.47 Å². The molecule has 2 aliphatic rings. The second kappa shape index (κ2) is 6.83. The highest BCUT2D eigenvalue weighted by atomic mass is 16.6. The van der Waals surface area contributed by atoms with Crippen molar-refractivity contribution in [2.45, 2.75) is 25.2 Å². The quantitative estimate of drug-likeness (QED) is 0.302. The average molecular weight is 447 g/mol. The molecule has 0 bridgehead atoms. The van der Waals surface area contributed by atoms with Crippen molar-refractivity contribution < 1.29 is 19.7 Å². The molecule has 2 N–H and O–H groups in total. The van der Waals surface area contributed by atoms with E-state index in [-0.39, 0.29) is 5.75 Å². The smallest absolute Gasteiger partial charge is 0.183 e. The number of benzene rings is 5. The number of ether oxygens (including phenoxy) is 2. The monoisotopic (exact) mass is 446 g/mol. The first-order valence-electron chi connectivity index (χ1n) is 11.5. The zero-order valence-corrected chi connectivity index (χ0v) is 18.6. The predicted molar refractivity (Wildman–Crippen MR) is 131 cm³/mol. The normalized spacial score (nSPS) is 20.2. The molecule has 0 saturated carbocycles. The molecule has 4 nitrogen and oxygen atoms in total. The lowest BCUT2D eigenvalue weighted by Gasteiger charge is -2.38. The Labute approximate surface area is 196 Å². The molecule has 2 unspecified atom stereocenters. The SMILES string of the molecule is CCc1ccc2cc3c(cc2c1)Oc1cc2cc(O)ccc2cc1C31OC(O)c2ccccc21. The minimum Gasteiger partial charge on any atom is -0.508 e. The number of aliphatic hydroxyl groups is 1. The molecule has 0 aliphatic carbocycles. The zero-order valence-electron chi connectivity index (χ0n) is 18.6. The van der Waals surface area contributed by atoms with Crippen molar-refractivity contribution in [1.29, 1.82) is 0 Å². The van der Waals surface area contributed by atoms with Crippen molar-refractivity contribution in [3.8, 4) is 17.2 Å². The Morgan fingerprint density at radius 2 is 1.41 bits per heavy atom. The second-order valence-electron chi connectivity index (χ2n) is 9.10. The number of aryl methyl sites for hydroxylation is 1. The van der Waals surface area contributed by atoms with Gasteiger partial charge < -0.3 is 19.7 Å². The molecule has 0 saturated heterocycles. The standard InChI is InChI=1S/C30H22O4/c1-2-17-7-8-18-13-25-27(15-20(18)11-17)33-28-16-21-12-22(31)10-9-19(21)14-26(28)30(25)24-6-4-3-5-23(24)29(32)34-30/h3-16,29,31-32H,2H2,1H3. The van der Waals surface area contributed by atoms with Crippen LogP contribution in [-0.2, 0) is 16.8 Å². The van der Waals surface area contributed by atoms with Crippen LogP contribution in [-0.4, -0.2) is 10.2 Å². The summed E-state index contributed by atoms with van der Waals surface area (Å²) in [5.74, 6) is 1.56. The van der Waals surface area contributed by atoms with Gasteiger partial charge in [-0.2, -0.15) is 0 Å². The van der Waals surface area contributed by atoms with Gasteiger partial charge in [0.1, 0.15) is 17.2 Å². The van der Waals surface area contributed by atoms with E-state index >= 15 is 0 Å². The Hall–Kier alpha value is -3.86. The summed E-state index contributed by atoms with van der Waals surface area (Å²) in [4.78, 5) is 0. The molecular formula is C30H22O4. The van der Waals surface area contributed by atoms with Gasteiger partial charge in [0.05, 0.1) is 0 Å². The lowest BCUT2D eigenvalue weighted by Crippen LogP contribution is -2.32. The zero-order chi connectivity index (χ0) is 23.0. The molecule has 4 heteroatoms. The molecule has 2 heterocycles. The summed E-state index contributed by atoms with van der Waals surface area (Å²) in [6.45, 7) is 2.15. The Balaban J connectivity index is 1.59. The van der Waals surface area contributed by atoms with Crippen LogP contribution in [0.3, 0.4) is 0 Å². The number of phenolic OH excluding ortho intramolecular Hbond substituents is 1. The van der Waals surface area contributed by atoms with Gasteiger partial charge in [-0.3, -0.25) is 0 Å². The molecule has 0 aromatic heterocycles. The van der Waals surface area contributed by atoms with E-state index in [0.717, 1.165) is 50.2 Å². The van der Waals surface area contributed by atoms with Crippen LogP contribution in [0.4, 0.5) is 0 Å². The molecule has 166 valence electrons. The minimum atomic E-state index is -1.05. The minimum absolute atomic E-state index is 0.203. The largest absolute Gasteiger partial charge is 0.508 e. The number of rotatable bonds is 1. The third-order valence-corrected chi connectivity index (χ3v) is 7.21. The Morgan fingerprint density at radius 1 is 0.735 bits per heavy atom. The van der Waals surface area contributed by atoms with Crippen LogP contribution in [0.25, 0.3) is 21.5 Å². The molecule has 0 fully saturated rings. The van der Waals surface area contributed by atoms with Crippen LogP contribution in [0.5, 0.6) is 17.2 Å². The Kier molecular flexibility index (Phi) is 3.93. The van der Waals surface area contributed by atoms with Crippen LogP contribution >= 0.6 is 0 Å². The third kappa shape index (κ3) is 2.55. The molecule has 0 radical (unpaired) electrons.